The van der Waals surface area contributed by atoms with Gasteiger partial charge in [-0.1, -0.05) is 0 Å². The lowest BCUT2D eigenvalue weighted by Crippen LogP contribution is -2.45. The molecule has 0 spiro atoms. The number of carbonyl (C=O) groups is 1. The summed E-state index contributed by atoms with van der Waals surface area (Å²) in [5.41, 5.74) is 1.43. The second-order valence-electron chi connectivity index (χ2n) is 4.33. The molecule has 0 radical (unpaired) electrons. The quantitative estimate of drug-likeness (QED) is 0.649. The van der Waals surface area contributed by atoms with Crippen LogP contribution in [0.25, 0.3) is 0 Å². The lowest BCUT2D eigenvalue weighted by atomic mass is 10.0. The van der Waals surface area contributed by atoms with E-state index in [1.165, 1.54) is 0 Å². The number of hydrogen-bond acceptors (Lipinski definition) is 4. The molecular formula is C13H15BrN2O2S2. The summed E-state index contributed by atoms with van der Waals surface area (Å²) in [5.74, 6) is -0.304. The van der Waals surface area contributed by atoms with Gasteiger partial charge in [0.05, 0.1) is 18.2 Å². The Bertz CT molecular complexity index is 583. The van der Waals surface area contributed by atoms with Crippen LogP contribution in [0, 0.1) is 0 Å². The summed E-state index contributed by atoms with van der Waals surface area (Å²) in [4.78, 5) is 15.1. The van der Waals surface area contributed by atoms with E-state index in [-0.39, 0.29) is 12.0 Å². The Labute approximate surface area is 135 Å². The van der Waals surface area contributed by atoms with Gasteiger partial charge in [-0.15, -0.1) is 11.3 Å². The van der Waals surface area contributed by atoms with Crippen LogP contribution in [0.5, 0.6) is 0 Å². The summed E-state index contributed by atoms with van der Waals surface area (Å²) >= 11 is 10.3. The molecular weight excluding hydrogens is 360 g/mol. The topological polar surface area (TPSA) is 41.6 Å². The first kappa shape index (κ1) is 15.5. The highest BCUT2D eigenvalue weighted by atomic mass is 79.9. The van der Waals surface area contributed by atoms with E-state index < -0.39 is 0 Å². The van der Waals surface area contributed by atoms with Crippen molar-refractivity contribution < 1.29 is 9.53 Å². The van der Waals surface area contributed by atoms with Gasteiger partial charge in [0.2, 0.25) is 0 Å². The van der Waals surface area contributed by atoms with Crippen molar-refractivity contribution >= 4 is 50.6 Å². The van der Waals surface area contributed by atoms with Gasteiger partial charge < -0.3 is 15.0 Å². The number of thiophene rings is 1. The summed E-state index contributed by atoms with van der Waals surface area (Å²) in [6.45, 7) is 4.04. The molecule has 0 saturated carbocycles. The normalized spacial score (nSPS) is 19.1. The SMILES string of the molecule is CCOC(=O)C1=C(C)N(C)C(=S)N[C@H]1c1cc(Br)cs1. The number of halogens is 1. The van der Waals surface area contributed by atoms with E-state index in [0.717, 1.165) is 15.0 Å². The number of allylic oxidation sites excluding steroid dienone is 1. The number of thiocarbonyl (C=S) groups is 1. The van der Waals surface area contributed by atoms with Crippen LogP contribution in [0.4, 0.5) is 0 Å². The molecule has 1 aromatic rings. The molecule has 0 amide bonds. The van der Waals surface area contributed by atoms with Crippen molar-refractivity contribution in [2.45, 2.75) is 19.9 Å². The molecule has 1 atom stereocenters. The smallest absolute Gasteiger partial charge is 0.338 e. The first-order valence-electron chi connectivity index (χ1n) is 6.11. The Morgan fingerprint density at radius 3 is 2.90 bits per heavy atom. The Hall–Kier alpha value is -0.920. The van der Waals surface area contributed by atoms with Gasteiger partial charge in [-0.2, -0.15) is 0 Å². The molecule has 108 valence electrons. The first-order chi connectivity index (χ1) is 9.45. The third kappa shape index (κ3) is 2.89. The highest BCUT2D eigenvalue weighted by Crippen LogP contribution is 2.35. The lowest BCUT2D eigenvalue weighted by molar-refractivity contribution is -0.139. The minimum atomic E-state index is -0.304. The van der Waals surface area contributed by atoms with Crippen molar-refractivity contribution in [2.24, 2.45) is 0 Å². The fourth-order valence-electron chi connectivity index (χ4n) is 2.00. The van der Waals surface area contributed by atoms with Crippen molar-refractivity contribution in [2.75, 3.05) is 13.7 Å². The number of esters is 1. The molecule has 4 nitrogen and oxygen atoms in total. The van der Waals surface area contributed by atoms with Gasteiger partial charge in [-0.25, -0.2) is 4.79 Å². The minimum Gasteiger partial charge on any atom is -0.463 e. The summed E-state index contributed by atoms with van der Waals surface area (Å²) in [6.07, 6.45) is 0. The number of nitrogens with one attached hydrogen (secondary N) is 1. The van der Waals surface area contributed by atoms with Gasteiger partial charge in [0, 0.05) is 27.5 Å². The van der Waals surface area contributed by atoms with Crippen molar-refractivity contribution in [3.63, 3.8) is 0 Å². The number of nitrogens with zero attached hydrogens (tertiary/aromatic N) is 1. The van der Waals surface area contributed by atoms with E-state index in [9.17, 15) is 4.79 Å². The number of ether oxygens (including phenoxy) is 1. The van der Waals surface area contributed by atoms with Gasteiger partial charge >= 0.3 is 5.97 Å². The zero-order chi connectivity index (χ0) is 14.9. The third-order valence-electron chi connectivity index (χ3n) is 3.12. The van der Waals surface area contributed by atoms with Crippen LogP contribution in [-0.4, -0.2) is 29.6 Å². The minimum absolute atomic E-state index is 0.256. The van der Waals surface area contributed by atoms with Crippen molar-refractivity contribution in [3.8, 4) is 0 Å². The van der Waals surface area contributed by atoms with E-state index in [0.29, 0.717) is 17.3 Å². The van der Waals surface area contributed by atoms with Crippen LogP contribution >= 0.6 is 39.5 Å². The monoisotopic (exact) mass is 374 g/mol. The maximum absolute atomic E-state index is 12.3. The maximum Gasteiger partial charge on any atom is 0.338 e. The van der Waals surface area contributed by atoms with Crippen molar-refractivity contribution in [1.29, 1.82) is 0 Å². The van der Waals surface area contributed by atoms with E-state index in [1.54, 1.807) is 23.2 Å². The zero-order valence-electron chi connectivity index (χ0n) is 11.4. The largest absolute Gasteiger partial charge is 0.463 e. The third-order valence-corrected chi connectivity index (χ3v) is 5.27. The van der Waals surface area contributed by atoms with Gasteiger partial charge in [0.1, 0.15) is 0 Å². The Morgan fingerprint density at radius 2 is 2.35 bits per heavy atom. The summed E-state index contributed by atoms with van der Waals surface area (Å²) in [7, 11) is 1.84. The maximum atomic E-state index is 12.3. The van der Waals surface area contributed by atoms with Gasteiger partial charge in [-0.05, 0) is 48.1 Å². The van der Waals surface area contributed by atoms with Gasteiger partial charge in [0.15, 0.2) is 5.11 Å². The Balaban J connectivity index is 2.47. The zero-order valence-corrected chi connectivity index (χ0v) is 14.6. The summed E-state index contributed by atoms with van der Waals surface area (Å²) in [5, 5.41) is 5.79. The average molecular weight is 375 g/mol. The standard InChI is InChI=1S/C13H15BrN2O2S2/c1-4-18-12(17)10-7(2)16(3)13(19)15-11(10)9-5-8(14)6-20-9/h5-6,11H,4H2,1-3H3,(H,15,19)/t11-/m0/s1. The number of hydrogen-bond donors (Lipinski definition) is 1. The molecule has 0 fully saturated rings. The van der Waals surface area contributed by atoms with Crippen LogP contribution in [0.3, 0.4) is 0 Å². The molecule has 1 aliphatic rings. The Kier molecular flexibility index (Phi) is 4.82. The highest BCUT2D eigenvalue weighted by Gasteiger charge is 2.34. The van der Waals surface area contributed by atoms with Gasteiger partial charge in [0.25, 0.3) is 0 Å². The van der Waals surface area contributed by atoms with E-state index in [4.69, 9.17) is 17.0 Å². The molecule has 1 aromatic heterocycles. The van der Waals surface area contributed by atoms with Crippen LogP contribution in [0.15, 0.2) is 27.2 Å². The van der Waals surface area contributed by atoms with Crippen LogP contribution in [0.1, 0.15) is 24.8 Å². The molecule has 0 aliphatic carbocycles. The molecule has 1 aliphatic heterocycles. The van der Waals surface area contributed by atoms with Crippen LogP contribution in [-0.2, 0) is 9.53 Å². The van der Waals surface area contributed by atoms with E-state index in [2.05, 4.69) is 21.2 Å². The average Bonchev–Trinajstić information content (AvgIpc) is 2.82. The molecule has 7 heteroatoms. The molecule has 0 bridgehead atoms. The predicted octanol–water partition coefficient (Wildman–Crippen LogP) is 3.21. The summed E-state index contributed by atoms with van der Waals surface area (Å²) in [6, 6.07) is 1.73. The molecule has 0 unspecified atom stereocenters. The second kappa shape index (κ2) is 6.24. The predicted molar refractivity (Wildman–Crippen MR) is 87.6 cm³/mol. The highest BCUT2D eigenvalue weighted by molar-refractivity contribution is 9.10. The van der Waals surface area contributed by atoms with E-state index >= 15 is 0 Å². The summed E-state index contributed by atoms with van der Waals surface area (Å²) < 4.78 is 6.17. The molecule has 2 rings (SSSR count). The molecule has 20 heavy (non-hydrogen) atoms. The van der Waals surface area contributed by atoms with Crippen molar-refractivity contribution in [1.82, 2.24) is 10.2 Å². The molecule has 0 saturated heterocycles. The first-order valence-corrected chi connectivity index (χ1v) is 8.19. The fraction of sp³-hybridized carbons (Fsp3) is 0.385. The van der Waals surface area contributed by atoms with Crippen LogP contribution < -0.4 is 5.32 Å². The van der Waals surface area contributed by atoms with Crippen molar-refractivity contribution in [3.05, 3.63) is 32.1 Å². The van der Waals surface area contributed by atoms with E-state index in [1.807, 2.05) is 25.4 Å². The van der Waals surface area contributed by atoms with Crippen LogP contribution in [0.2, 0.25) is 0 Å². The molecule has 2 heterocycles. The molecule has 0 aromatic carbocycles. The lowest BCUT2D eigenvalue weighted by Gasteiger charge is -2.34. The number of carbonyl (C=O) groups excluding carboxylic acids is 1. The van der Waals surface area contributed by atoms with Gasteiger partial charge in [-0.3, -0.25) is 0 Å². The number of rotatable bonds is 3. The fourth-order valence-corrected chi connectivity index (χ4v) is 3.76. The molecule has 1 N–H and O–H groups in total. The Morgan fingerprint density at radius 1 is 1.65 bits per heavy atom. The second-order valence-corrected chi connectivity index (χ2v) is 6.57.